The van der Waals surface area contributed by atoms with Crippen LogP contribution in [-0.4, -0.2) is 54.5 Å². The topological polar surface area (TPSA) is 49.6 Å². The second-order valence-electron chi connectivity index (χ2n) is 4.89. The fourth-order valence-electron chi connectivity index (χ4n) is 2.49. The number of piperidine rings is 1. The average molecular weight is 241 g/mol. The van der Waals surface area contributed by atoms with Crippen molar-refractivity contribution in [2.24, 2.45) is 5.73 Å². The van der Waals surface area contributed by atoms with Gasteiger partial charge in [0.1, 0.15) is 0 Å². The number of amides is 1. The Kier molecular flexibility index (Phi) is 6.52. The van der Waals surface area contributed by atoms with Crippen molar-refractivity contribution in [3.05, 3.63) is 0 Å². The van der Waals surface area contributed by atoms with Crippen molar-refractivity contribution in [2.45, 2.75) is 45.6 Å². The van der Waals surface area contributed by atoms with Crippen LogP contribution in [-0.2, 0) is 4.79 Å². The van der Waals surface area contributed by atoms with Crippen LogP contribution in [0, 0.1) is 0 Å². The van der Waals surface area contributed by atoms with Gasteiger partial charge in [0.25, 0.3) is 0 Å². The van der Waals surface area contributed by atoms with Crippen molar-refractivity contribution in [1.82, 2.24) is 9.80 Å². The molecule has 0 aromatic heterocycles. The Morgan fingerprint density at radius 2 is 1.94 bits per heavy atom. The monoisotopic (exact) mass is 241 g/mol. The number of hydrogen-bond donors (Lipinski definition) is 1. The number of rotatable bonds is 6. The number of hydrogen-bond acceptors (Lipinski definition) is 3. The summed E-state index contributed by atoms with van der Waals surface area (Å²) >= 11 is 0. The summed E-state index contributed by atoms with van der Waals surface area (Å²) in [5.74, 6) is 0.284. The molecule has 1 saturated heterocycles. The first kappa shape index (κ1) is 14.5. The SMILES string of the molecule is CCCN(CCN)C(C)C(=O)N1CCCCC1. The maximum Gasteiger partial charge on any atom is 0.239 e. The molecule has 1 aliphatic heterocycles. The molecule has 0 radical (unpaired) electrons. The molecule has 2 N–H and O–H groups in total. The predicted octanol–water partition coefficient (Wildman–Crippen LogP) is 1.06. The number of carbonyl (C=O) groups excluding carboxylic acids is 1. The molecule has 0 saturated carbocycles. The van der Waals surface area contributed by atoms with Crippen molar-refractivity contribution < 1.29 is 4.79 Å². The van der Waals surface area contributed by atoms with Crippen molar-refractivity contribution >= 4 is 5.91 Å². The van der Waals surface area contributed by atoms with Gasteiger partial charge in [0.05, 0.1) is 6.04 Å². The zero-order valence-corrected chi connectivity index (χ0v) is 11.3. The summed E-state index contributed by atoms with van der Waals surface area (Å²) in [7, 11) is 0. The minimum atomic E-state index is -0.0170. The molecule has 1 amide bonds. The van der Waals surface area contributed by atoms with E-state index in [0.29, 0.717) is 6.54 Å². The lowest BCUT2D eigenvalue weighted by atomic mass is 10.1. The first-order valence-electron chi connectivity index (χ1n) is 6.93. The van der Waals surface area contributed by atoms with Crippen LogP contribution < -0.4 is 5.73 Å². The molecule has 1 fully saturated rings. The Bertz CT molecular complexity index is 221. The van der Waals surface area contributed by atoms with Crippen LogP contribution in [0.2, 0.25) is 0 Å². The van der Waals surface area contributed by atoms with E-state index in [-0.39, 0.29) is 11.9 Å². The Balaban J connectivity index is 2.51. The van der Waals surface area contributed by atoms with E-state index in [1.54, 1.807) is 0 Å². The first-order chi connectivity index (χ1) is 8.20. The molecule has 0 aliphatic carbocycles. The zero-order chi connectivity index (χ0) is 12.7. The molecule has 0 spiro atoms. The molecule has 1 unspecified atom stereocenters. The van der Waals surface area contributed by atoms with Crippen molar-refractivity contribution in [1.29, 1.82) is 0 Å². The highest BCUT2D eigenvalue weighted by Crippen LogP contribution is 2.12. The summed E-state index contributed by atoms with van der Waals surface area (Å²) in [6.45, 7) is 8.42. The summed E-state index contributed by atoms with van der Waals surface area (Å²) in [5, 5.41) is 0. The van der Waals surface area contributed by atoms with Gasteiger partial charge in [0.2, 0.25) is 5.91 Å². The van der Waals surface area contributed by atoms with Gasteiger partial charge in [-0.1, -0.05) is 6.92 Å². The lowest BCUT2D eigenvalue weighted by molar-refractivity contribution is -0.137. The fourth-order valence-corrected chi connectivity index (χ4v) is 2.49. The third-order valence-electron chi connectivity index (χ3n) is 3.50. The summed E-state index contributed by atoms with van der Waals surface area (Å²) in [4.78, 5) is 16.6. The van der Waals surface area contributed by atoms with E-state index in [0.717, 1.165) is 45.4 Å². The van der Waals surface area contributed by atoms with Gasteiger partial charge in [-0.2, -0.15) is 0 Å². The number of nitrogens with two attached hydrogens (primary N) is 1. The normalized spacial score (nSPS) is 18.5. The number of carbonyl (C=O) groups is 1. The highest BCUT2D eigenvalue weighted by Gasteiger charge is 2.25. The molecular weight excluding hydrogens is 214 g/mol. The molecule has 0 aromatic rings. The largest absolute Gasteiger partial charge is 0.341 e. The number of likely N-dealkylation sites (tertiary alicyclic amines) is 1. The minimum Gasteiger partial charge on any atom is -0.341 e. The second-order valence-corrected chi connectivity index (χ2v) is 4.89. The average Bonchev–Trinajstić information content (AvgIpc) is 2.38. The summed E-state index contributed by atoms with van der Waals surface area (Å²) in [6, 6.07) is -0.0170. The van der Waals surface area contributed by atoms with Crippen molar-refractivity contribution in [2.75, 3.05) is 32.7 Å². The Hall–Kier alpha value is -0.610. The van der Waals surface area contributed by atoms with E-state index in [2.05, 4.69) is 11.8 Å². The molecule has 0 bridgehead atoms. The molecule has 1 rings (SSSR count). The fraction of sp³-hybridized carbons (Fsp3) is 0.923. The lowest BCUT2D eigenvalue weighted by Gasteiger charge is -2.34. The van der Waals surface area contributed by atoms with Gasteiger partial charge >= 0.3 is 0 Å². The van der Waals surface area contributed by atoms with Crippen LogP contribution in [0.4, 0.5) is 0 Å². The van der Waals surface area contributed by atoms with Crippen molar-refractivity contribution in [3.8, 4) is 0 Å². The maximum absolute atomic E-state index is 12.3. The van der Waals surface area contributed by atoms with Gasteiger partial charge in [-0.3, -0.25) is 9.69 Å². The molecule has 0 aromatic carbocycles. The minimum absolute atomic E-state index is 0.0170. The van der Waals surface area contributed by atoms with Gasteiger partial charge in [-0.15, -0.1) is 0 Å². The highest BCUT2D eigenvalue weighted by molar-refractivity contribution is 5.81. The molecule has 1 aliphatic rings. The van der Waals surface area contributed by atoms with Crippen LogP contribution in [0.5, 0.6) is 0 Å². The maximum atomic E-state index is 12.3. The van der Waals surface area contributed by atoms with Crippen LogP contribution >= 0.6 is 0 Å². The molecular formula is C13H27N3O. The van der Waals surface area contributed by atoms with Crippen molar-refractivity contribution in [3.63, 3.8) is 0 Å². The predicted molar refractivity (Wildman–Crippen MR) is 70.8 cm³/mol. The zero-order valence-electron chi connectivity index (χ0n) is 11.3. The summed E-state index contributed by atoms with van der Waals surface area (Å²) in [6.07, 6.45) is 4.64. The van der Waals surface area contributed by atoms with Crippen LogP contribution in [0.3, 0.4) is 0 Å². The second kappa shape index (κ2) is 7.67. The van der Waals surface area contributed by atoms with E-state index in [9.17, 15) is 4.79 Å². The van der Waals surface area contributed by atoms with Crippen LogP contribution in [0.1, 0.15) is 39.5 Å². The Labute approximate surface area is 105 Å². The standard InChI is InChI=1S/C13H27N3O/c1-3-8-15(11-7-14)12(2)13(17)16-9-5-4-6-10-16/h12H,3-11,14H2,1-2H3. The lowest BCUT2D eigenvalue weighted by Crippen LogP contribution is -2.50. The van der Waals surface area contributed by atoms with Gasteiger partial charge in [0, 0.05) is 26.2 Å². The summed E-state index contributed by atoms with van der Waals surface area (Å²) < 4.78 is 0. The van der Waals surface area contributed by atoms with Crippen LogP contribution in [0.15, 0.2) is 0 Å². The number of nitrogens with zero attached hydrogens (tertiary/aromatic N) is 2. The van der Waals surface area contributed by atoms with Gasteiger partial charge < -0.3 is 10.6 Å². The quantitative estimate of drug-likeness (QED) is 0.756. The smallest absolute Gasteiger partial charge is 0.239 e. The van der Waals surface area contributed by atoms with E-state index in [4.69, 9.17) is 5.73 Å². The summed E-state index contributed by atoms with van der Waals surface area (Å²) in [5.41, 5.74) is 5.61. The molecule has 1 atom stereocenters. The van der Waals surface area contributed by atoms with E-state index in [1.165, 1.54) is 6.42 Å². The van der Waals surface area contributed by atoms with Crippen LogP contribution in [0.25, 0.3) is 0 Å². The molecule has 1 heterocycles. The molecule has 17 heavy (non-hydrogen) atoms. The van der Waals surface area contributed by atoms with E-state index in [1.807, 2.05) is 11.8 Å². The highest BCUT2D eigenvalue weighted by atomic mass is 16.2. The molecule has 4 heteroatoms. The van der Waals surface area contributed by atoms with Gasteiger partial charge in [0.15, 0.2) is 0 Å². The molecule has 100 valence electrons. The van der Waals surface area contributed by atoms with E-state index < -0.39 is 0 Å². The van der Waals surface area contributed by atoms with Gasteiger partial charge in [-0.25, -0.2) is 0 Å². The van der Waals surface area contributed by atoms with Gasteiger partial charge in [-0.05, 0) is 39.2 Å². The third kappa shape index (κ3) is 4.28. The molecule has 4 nitrogen and oxygen atoms in total. The van der Waals surface area contributed by atoms with E-state index >= 15 is 0 Å². The Morgan fingerprint density at radius 3 is 2.47 bits per heavy atom. The Morgan fingerprint density at radius 1 is 1.29 bits per heavy atom. The first-order valence-corrected chi connectivity index (χ1v) is 6.93. The third-order valence-corrected chi connectivity index (χ3v) is 3.50.